The molecule has 0 saturated heterocycles. The normalized spacial score (nSPS) is 11.0. The molecule has 0 aliphatic carbocycles. The van der Waals surface area contributed by atoms with Crippen LogP contribution in [0, 0.1) is 0 Å². The highest BCUT2D eigenvalue weighted by atomic mass is 16.5. The van der Waals surface area contributed by atoms with E-state index in [0.717, 1.165) is 12.8 Å². The highest BCUT2D eigenvalue weighted by Gasteiger charge is 2.09. The summed E-state index contributed by atoms with van der Waals surface area (Å²) in [5.74, 6) is -0.444. The Morgan fingerprint density at radius 1 is 0.667 bits per heavy atom. The minimum Gasteiger partial charge on any atom is -0.493 e. The fraction of sp³-hybridized carbons (Fsp3) is 0.741. The number of carboxylic acid groups (broad SMARTS) is 1. The first-order valence-corrected chi connectivity index (χ1v) is 12.7. The van der Waals surface area contributed by atoms with Gasteiger partial charge in [-0.15, -0.1) is 0 Å². The average Bonchev–Trinajstić information content (AvgIpc) is 2.75. The van der Waals surface area contributed by atoms with E-state index < -0.39 is 5.97 Å². The Morgan fingerprint density at radius 2 is 1.07 bits per heavy atom. The monoisotopic (exact) mass is 418 g/mol. The summed E-state index contributed by atoms with van der Waals surface area (Å²) in [5, 5.41) is 9.14. The number of aromatic carboxylic acids is 1. The van der Waals surface area contributed by atoms with E-state index in [0.29, 0.717) is 12.4 Å². The van der Waals surface area contributed by atoms with Crippen molar-refractivity contribution in [2.45, 2.75) is 122 Å². The molecule has 0 atom stereocenters. The van der Waals surface area contributed by atoms with Gasteiger partial charge in [-0.3, -0.25) is 0 Å². The molecule has 0 unspecified atom stereocenters. The van der Waals surface area contributed by atoms with Crippen LogP contribution in [0.15, 0.2) is 24.3 Å². The maximum Gasteiger partial charge on any atom is 0.339 e. The number of carboxylic acids is 1. The van der Waals surface area contributed by atoms with Crippen LogP contribution in [0.5, 0.6) is 5.75 Å². The van der Waals surface area contributed by atoms with Crippen molar-refractivity contribution in [2.24, 2.45) is 0 Å². The number of benzene rings is 1. The van der Waals surface area contributed by atoms with Crippen LogP contribution in [-0.2, 0) is 0 Å². The third-order valence-corrected chi connectivity index (χ3v) is 5.87. The third kappa shape index (κ3) is 14.5. The van der Waals surface area contributed by atoms with Crippen molar-refractivity contribution in [1.82, 2.24) is 0 Å². The highest BCUT2D eigenvalue weighted by molar-refractivity contribution is 5.90. The zero-order chi connectivity index (χ0) is 21.7. The van der Waals surface area contributed by atoms with Gasteiger partial charge in [0.15, 0.2) is 0 Å². The molecule has 1 rings (SSSR count). The molecule has 0 aliphatic heterocycles. The maximum atomic E-state index is 11.1. The molecule has 0 heterocycles. The lowest BCUT2D eigenvalue weighted by Gasteiger charge is -2.08. The Labute approximate surface area is 185 Å². The van der Waals surface area contributed by atoms with Gasteiger partial charge in [0.1, 0.15) is 11.3 Å². The van der Waals surface area contributed by atoms with Crippen molar-refractivity contribution in [3.05, 3.63) is 29.8 Å². The van der Waals surface area contributed by atoms with E-state index in [1.54, 1.807) is 18.2 Å². The summed E-state index contributed by atoms with van der Waals surface area (Å²) in [6.45, 7) is 2.88. The number of hydrogen-bond acceptors (Lipinski definition) is 2. The summed E-state index contributed by atoms with van der Waals surface area (Å²) in [5.41, 5.74) is 0.250. The van der Waals surface area contributed by atoms with Crippen molar-refractivity contribution in [3.63, 3.8) is 0 Å². The lowest BCUT2D eigenvalue weighted by atomic mass is 10.0. The van der Waals surface area contributed by atoms with Crippen molar-refractivity contribution < 1.29 is 14.6 Å². The molecule has 1 aromatic carbocycles. The predicted molar refractivity (Wildman–Crippen MR) is 128 cm³/mol. The van der Waals surface area contributed by atoms with Gasteiger partial charge in [0.2, 0.25) is 0 Å². The third-order valence-electron chi connectivity index (χ3n) is 5.87. The molecule has 3 heteroatoms. The molecule has 1 aromatic rings. The van der Waals surface area contributed by atoms with Gasteiger partial charge in [0, 0.05) is 0 Å². The molecule has 0 aromatic heterocycles. The molecule has 0 bridgehead atoms. The number of rotatable bonds is 21. The van der Waals surface area contributed by atoms with Crippen LogP contribution >= 0.6 is 0 Å². The van der Waals surface area contributed by atoms with Crippen LogP contribution in [0.1, 0.15) is 133 Å². The second kappa shape index (κ2) is 19.5. The number of carbonyl (C=O) groups is 1. The summed E-state index contributed by atoms with van der Waals surface area (Å²) in [4.78, 5) is 11.1. The molecule has 1 N–H and O–H groups in total. The first-order valence-electron chi connectivity index (χ1n) is 12.7. The van der Waals surface area contributed by atoms with E-state index in [2.05, 4.69) is 6.92 Å². The molecule has 0 spiro atoms. The van der Waals surface area contributed by atoms with Gasteiger partial charge in [-0.1, -0.05) is 128 Å². The largest absolute Gasteiger partial charge is 0.493 e. The number of ether oxygens (including phenoxy) is 1. The van der Waals surface area contributed by atoms with Crippen LogP contribution in [-0.4, -0.2) is 17.7 Å². The van der Waals surface area contributed by atoms with Crippen molar-refractivity contribution in [2.75, 3.05) is 6.61 Å². The van der Waals surface area contributed by atoms with Crippen molar-refractivity contribution >= 4 is 5.97 Å². The Hall–Kier alpha value is -1.51. The summed E-state index contributed by atoms with van der Waals surface area (Å²) in [6.07, 6.45) is 24.5. The molecule has 30 heavy (non-hydrogen) atoms. The lowest BCUT2D eigenvalue weighted by Crippen LogP contribution is -2.04. The van der Waals surface area contributed by atoms with Gasteiger partial charge >= 0.3 is 5.97 Å². The van der Waals surface area contributed by atoms with E-state index in [4.69, 9.17) is 9.84 Å². The van der Waals surface area contributed by atoms with E-state index in [1.807, 2.05) is 6.07 Å². The molecule has 172 valence electrons. The fourth-order valence-electron chi connectivity index (χ4n) is 3.96. The van der Waals surface area contributed by atoms with Gasteiger partial charge < -0.3 is 9.84 Å². The minimum absolute atomic E-state index is 0.250. The fourth-order valence-corrected chi connectivity index (χ4v) is 3.96. The van der Waals surface area contributed by atoms with Crippen LogP contribution in [0.4, 0.5) is 0 Å². The van der Waals surface area contributed by atoms with Gasteiger partial charge in [0.05, 0.1) is 6.61 Å². The van der Waals surface area contributed by atoms with Crippen LogP contribution in [0.3, 0.4) is 0 Å². The average molecular weight is 419 g/mol. The van der Waals surface area contributed by atoms with Gasteiger partial charge in [-0.05, 0) is 18.6 Å². The van der Waals surface area contributed by atoms with E-state index in [1.165, 1.54) is 103 Å². The summed E-state index contributed by atoms with van der Waals surface area (Å²) in [7, 11) is 0. The number of hydrogen-bond donors (Lipinski definition) is 1. The van der Waals surface area contributed by atoms with E-state index >= 15 is 0 Å². The molecule has 3 nitrogen and oxygen atoms in total. The van der Waals surface area contributed by atoms with Crippen molar-refractivity contribution in [1.29, 1.82) is 0 Å². The van der Waals surface area contributed by atoms with Gasteiger partial charge in [-0.2, -0.15) is 0 Å². The second-order valence-electron chi connectivity index (χ2n) is 8.66. The van der Waals surface area contributed by atoms with Gasteiger partial charge in [0.25, 0.3) is 0 Å². The standard InChI is InChI=1S/C27H46O3/c1-2-3-4-5-6-7-8-9-10-11-12-13-14-15-16-17-18-21-24-30-26-23-20-19-22-25(26)27(28)29/h19-20,22-23H,2-18,21,24H2,1H3,(H,28,29). The van der Waals surface area contributed by atoms with Crippen LogP contribution in [0.2, 0.25) is 0 Å². The summed E-state index contributed by atoms with van der Waals surface area (Å²) >= 11 is 0. The molecular weight excluding hydrogens is 372 g/mol. The van der Waals surface area contributed by atoms with Crippen LogP contribution < -0.4 is 4.74 Å². The quantitative estimate of drug-likeness (QED) is 0.203. The lowest BCUT2D eigenvalue weighted by molar-refractivity contribution is 0.0692. The molecule has 0 aliphatic rings. The zero-order valence-electron chi connectivity index (χ0n) is 19.5. The zero-order valence-corrected chi connectivity index (χ0v) is 19.5. The maximum absolute atomic E-state index is 11.1. The Kier molecular flexibility index (Phi) is 17.2. The molecule has 0 saturated carbocycles. The summed E-state index contributed by atoms with van der Waals surface area (Å²) < 4.78 is 5.65. The smallest absolute Gasteiger partial charge is 0.339 e. The van der Waals surface area contributed by atoms with Crippen molar-refractivity contribution in [3.8, 4) is 5.75 Å². The minimum atomic E-state index is -0.927. The predicted octanol–water partition coefficient (Wildman–Crippen LogP) is 8.81. The topological polar surface area (TPSA) is 46.5 Å². The van der Waals surface area contributed by atoms with E-state index in [-0.39, 0.29) is 5.56 Å². The molecule has 0 fully saturated rings. The molecule has 0 radical (unpaired) electrons. The Morgan fingerprint density at radius 3 is 1.50 bits per heavy atom. The Bertz CT molecular complexity index is 527. The number of unbranched alkanes of at least 4 members (excludes halogenated alkanes) is 17. The van der Waals surface area contributed by atoms with Crippen LogP contribution in [0.25, 0.3) is 0 Å². The SMILES string of the molecule is CCCCCCCCCCCCCCCCCCCCOc1ccccc1C(=O)O. The van der Waals surface area contributed by atoms with E-state index in [9.17, 15) is 4.79 Å². The highest BCUT2D eigenvalue weighted by Crippen LogP contribution is 2.18. The number of para-hydroxylation sites is 1. The van der Waals surface area contributed by atoms with Gasteiger partial charge in [-0.25, -0.2) is 4.79 Å². The first kappa shape index (κ1) is 26.5. The molecular formula is C27H46O3. The molecule has 0 amide bonds. The summed E-state index contributed by atoms with van der Waals surface area (Å²) in [6, 6.07) is 6.87. The first-order chi connectivity index (χ1) is 14.8. The second-order valence-corrected chi connectivity index (χ2v) is 8.66. The Balaban J connectivity index is 1.80.